The minimum absolute atomic E-state index is 0.113. The van der Waals surface area contributed by atoms with Gasteiger partial charge in [0.15, 0.2) is 0 Å². The molecule has 5 nitrogen and oxygen atoms in total. The molecule has 0 spiro atoms. The van der Waals surface area contributed by atoms with E-state index in [0.717, 1.165) is 11.1 Å². The molecule has 1 amide bonds. The molecule has 0 aliphatic carbocycles. The molecule has 0 aromatic heterocycles. The minimum atomic E-state index is -3.62. The van der Waals surface area contributed by atoms with E-state index in [1.807, 2.05) is 12.1 Å². The van der Waals surface area contributed by atoms with Crippen molar-refractivity contribution in [2.24, 2.45) is 0 Å². The van der Waals surface area contributed by atoms with Crippen LogP contribution >= 0.6 is 11.6 Å². The lowest BCUT2D eigenvalue weighted by Crippen LogP contribution is -2.25. The number of hydrogen-bond donors (Lipinski definition) is 2. The molecule has 7 heteroatoms. The maximum Gasteiger partial charge on any atom is 0.251 e. The van der Waals surface area contributed by atoms with Crippen LogP contribution in [0.15, 0.2) is 41.3 Å². The van der Waals surface area contributed by atoms with E-state index in [2.05, 4.69) is 10.0 Å². The highest BCUT2D eigenvalue weighted by molar-refractivity contribution is 7.89. The summed E-state index contributed by atoms with van der Waals surface area (Å²) in [5.41, 5.74) is 2.57. The molecule has 0 saturated carbocycles. The van der Waals surface area contributed by atoms with E-state index in [1.54, 1.807) is 32.0 Å². The summed E-state index contributed by atoms with van der Waals surface area (Å²) >= 11 is 5.83. The third-order valence-electron chi connectivity index (χ3n) is 3.81. The van der Waals surface area contributed by atoms with Gasteiger partial charge in [-0.25, -0.2) is 13.1 Å². The fourth-order valence-electron chi connectivity index (χ4n) is 2.23. The lowest BCUT2D eigenvalue weighted by Gasteiger charge is -2.12. The van der Waals surface area contributed by atoms with Gasteiger partial charge in [-0.2, -0.15) is 0 Å². The first-order valence-electron chi connectivity index (χ1n) is 7.32. The molecular weight excluding hydrogens is 348 g/mol. The van der Waals surface area contributed by atoms with E-state index in [1.165, 1.54) is 13.1 Å². The van der Waals surface area contributed by atoms with Gasteiger partial charge in [0.25, 0.3) is 5.91 Å². The Kier molecular flexibility index (Phi) is 5.64. The van der Waals surface area contributed by atoms with Gasteiger partial charge in [-0.1, -0.05) is 23.7 Å². The molecule has 2 N–H and O–H groups in total. The molecule has 24 heavy (non-hydrogen) atoms. The Balaban J connectivity index is 2.25. The van der Waals surface area contributed by atoms with E-state index >= 15 is 0 Å². The van der Waals surface area contributed by atoms with Crippen LogP contribution < -0.4 is 10.0 Å². The molecule has 0 heterocycles. The van der Waals surface area contributed by atoms with Crippen molar-refractivity contribution >= 4 is 27.5 Å². The predicted octanol–water partition coefficient (Wildman–Crippen LogP) is 2.79. The van der Waals surface area contributed by atoms with E-state index in [4.69, 9.17) is 11.6 Å². The van der Waals surface area contributed by atoms with Crippen molar-refractivity contribution in [3.63, 3.8) is 0 Å². The molecule has 0 bridgehead atoms. The summed E-state index contributed by atoms with van der Waals surface area (Å²) in [6.07, 6.45) is 0. The van der Waals surface area contributed by atoms with Crippen molar-refractivity contribution in [3.8, 4) is 0 Å². The van der Waals surface area contributed by atoms with Crippen LogP contribution in [0.3, 0.4) is 0 Å². The van der Waals surface area contributed by atoms with Crippen LogP contribution in [-0.2, 0) is 16.6 Å². The van der Waals surface area contributed by atoms with Gasteiger partial charge in [-0.3, -0.25) is 4.79 Å². The zero-order valence-corrected chi connectivity index (χ0v) is 15.3. The molecule has 0 aliphatic heterocycles. The molecule has 2 aromatic rings. The van der Waals surface area contributed by atoms with Crippen LogP contribution in [0.25, 0.3) is 0 Å². The molecule has 2 aromatic carbocycles. The molecule has 0 aliphatic rings. The Bertz CT molecular complexity index is 862. The number of sulfonamides is 1. The van der Waals surface area contributed by atoms with Crippen molar-refractivity contribution in [2.45, 2.75) is 25.3 Å². The van der Waals surface area contributed by atoms with E-state index in [0.29, 0.717) is 22.7 Å². The molecule has 0 fully saturated rings. The van der Waals surface area contributed by atoms with Crippen molar-refractivity contribution in [2.75, 3.05) is 7.05 Å². The van der Waals surface area contributed by atoms with Crippen molar-refractivity contribution in [1.29, 1.82) is 0 Å². The number of aryl methyl sites for hydroxylation is 1. The maximum atomic E-state index is 12.4. The summed E-state index contributed by atoms with van der Waals surface area (Å²) in [6.45, 7) is 3.83. The Labute approximate surface area is 147 Å². The molecule has 0 saturated heterocycles. The summed E-state index contributed by atoms with van der Waals surface area (Å²) in [6, 6.07) is 10.2. The zero-order chi connectivity index (χ0) is 17.9. The highest BCUT2D eigenvalue weighted by Crippen LogP contribution is 2.21. The second kappa shape index (κ2) is 7.34. The molecule has 0 atom stereocenters. The lowest BCUT2D eigenvalue weighted by molar-refractivity contribution is 0.0950. The number of carbonyl (C=O) groups excluding carboxylic acids is 1. The normalized spacial score (nSPS) is 11.3. The van der Waals surface area contributed by atoms with Gasteiger partial charge in [-0.05, 0) is 61.9 Å². The second-order valence-electron chi connectivity index (χ2n) is 5.43. The van der Waals surface area contributed by atoms with Crippen molar-refractivity contribution in [1.82, 2.24) is 10.0 Å². The fourth-order valence-corrected chi connectivity index (χ4v) is 3.43. The Morgan fingerprint density at radius 3 is 2.33 bits per heavy atom. The van der Waals surface area contributed by atoms with Gasteiger partial charge in [0.05, 0.1) is 4.90 Å². The molecule has 2 rings (SSSR count). The first-order chi connectivity index (χ1) is 11.2. The molecule has 0 radical (unpaired) electrons. The maximum absolute atomic E-state index is 12.4. The van der Waals surface area contributed by atoms with Gasteiger partial charge in [0, 0.05) is 17.1 Å². The molecule has 0 unspecified atom stereocenters. The number of nitrogens with one attached hydrogen (secondary N) is 2. The quantitative estimate of drug-likeness (QED) is 0.854. The first-order valence-corrected chi connectivity index (χ1v) is 9.18. The zero-order valence-electron chi connectivity index (χ0n) is 13.7. The van der Waals surface area contributed by atoms with Gasteiger partial charge in [0.1, 0.15) is 0 Å². The van der Waals surface area contributed by atoms with Gasteiger partial charge in [0.2, 0.25) is 10.0 Å². The number of hydrogen-bond acceptors (Lipinski definition) is 3. The largest absolute Gasteiger partial charge is 0.348 e. The van der Waals surface area contributed by atoms with Crippen LogP contribution in [-0.4, -0.2) is 21.4 Å². The van der Waals surface area contributed by atoms with Gasteiger partial charge in [-0.15, -0.1) is 0 Å². The topological polar surface area (TPSA) is 75.3 Å². The highest BCUT2D eigenvalue weighted by Gasteiger charge is 2.19. The Morgan fingerprint density at radius 1 is 1.12 bits per heavy atom. The average Bonchev–Trinajstić information content (AvgIpc) is 2.56. The monoisotopic (exact) mass is 366 g/mol. The van der Waals surface area contributed by atoms with Crippen molar-refractivity contribution < 1.29 is 13.2 Å². The van der Waals surface area contributed by atoms with Crippen molar-refractivity contribution in [3.05, 3.63) is 63.7 Å². The van der Waals surface area contributed by atoms with E-state index < -0.39 is 10.0 Å². The molecule has 128 valence electrons. The first kappa shape index (κ1) is 18.4. The summed E-state index contributed by atoms with van der Waals surface area (Å²) in [5, 5.41) is 3.41. The van der Waals surface area contributed by atoms with Crippen LogP contribution in [0.5, 0.6) is 0 Å². The minimum Gasteiger partial charge on any atom is -0.348 e. The number of amides is 1. The summed E-state index contributed by atoms with van der Waals surface area (Å²) in [5.74, 6) is -0.333. The smallest absolute Gasteiger partial charge is 0.251 e. The number of rotatable bonds is 5. The number of benzene rings is 2. The van der Waals surface area contributed by atoms with E-state index in [-0.39, 0.29) is 10.8 Å². The third kappa shape index (κ3) is 4.14. The summed E-state index contributed by atoms with van der Waals surface area (Å²) in [4.78, 5) is 12.5. The average molecular weight is 367 g/mol. The standard InChI is InChI=1S/C17H19ClN2O3S/c1-11-8-14(9-16(12(11)2)24(22,23)19-3)17(21)20-10-13-4-6-15(18)7-5-13/h4-9,19H,10H2,1-3H3,(H,20,21). The van der Waals surface area contributed by atoms with Crippen LogP contribution in [0, 0.1) is 13.8 Å². The third-order valence-corrected chi connectivity index (χ3v) is 5.60. The lowest BCUT2D eigenvalue weighted by atomic mass is 10.1. The predicted molar refractivity (Wildman–Crippen MR) is 94.8 cm³/mol. The number of carbonyl (C=O) groups is 1. The SMILES string of the molecule is CNS(=O)(=O)c1cc(C(=O)NCc2ccc(Cl)cc2)cc(C)c1C. The van der Waals surface area contributed by atoms with Crippen LogP contribution in [0.4, 0.5) is 0 Å². The van der Waals surface area contributed by atoms with Gasteiger partial charge < -0.3 is 5.32 Å². The Morgan fingerprint density at radius 2 is 1.75 bits per heavy atom. The fraction of sp³-hybridized carbons (Fsp3) is 0.235. The van der Waals surface area contributed by atoms with Crippen LogP contribution in [0.2, 0.25) is 5.02 Å². The Hall–Kier alpha value is -1.89. The summed E-state index contributed by atoms with van der Waals surface area (Å²) in [7, 11) is -2.28. The van der Waals surface area contributed by atoms with E-state index in [9.17, 15) is 13.2 Å². The van der Waals surface area contributed by atoms with Crippen LogP contribution in [0.1, 0.15) is 27.0 Å². The number of halogens is 1. The summed E-state index contributed by atoms with van der Waals surface area (Å²) < 4.78 is 26.5. The van der Waals surface area contributed by atoms with Gasteiger partial charge >= 0.3 is 0 Å². The molecular formula is C17H19ClN2O3S. The second-order valence-corrected chi connectivity index (χ2v) is 7.72. The highest BCUT2D eigenvalue weighted by atomic mass is 35.5.